The van der Waals surface area contributed by atoms with Crippen molar-refractivity contribution in [3.05, 3.63) is 28.2 Å². The third-order valence-electron chi connectivity index (χ3n) is 3.64. The van der Waals surface area contributed by atoms with Gasteiger partial charge in [0.05, 0.1) is 11.1 Å². The summed E-state index contributed by atoms with van der Waals surface area (Å²) in [6, 6.07) is 7.19. The minimum Gasteiger partial charge on any atom is -0.490 e. The van der Waals surface area contributed by atoms with Crippen LogP contribution in [0, 0.1) is 16.7 Å². The van der Waals surface area contributed by atoms with Crippen molar-refractivity contribution in [3.63, 3.8) is 0 Å². The molecule has 0 N–H and O–H groups in total. The van der Waals surface area contributed by atoms with Crippen molar-refractivity contribution in [1.82, 2.24) is 4.90 Å². The van der Waals surface area contributed by atoms with Crippen LogP contribution in [0.15, 0.2) is 18.2 Å². The SMILES string of the molecule is CC(C)(C)OC(=O)N1CCC(C#N)(COc2cc(Cl)ccc2Cl)C1. The highest BCUT2D eigenvalue weighted by Crippen LogP contribution is 2.34. The van der Waals surface area contributed by atoms with Gasteiger partial charge in [0, 0.05) is 24.2 Å². The van der Waals surface area contributed by atoms with Crippen molar-refractivity contribution in [1.29, 1.82) is 5.26 Å². The number of nitrogens with zero attached hydrogens (tertiary/aromatic N) is 2. The molecule has 1 aromatic carbocycles. The maximum Gasteiger partial charge on any atom is 0.410 e. The van der Waals surface area contributed by atoms with Crippen LogP contribution in [-0.4, -0.2) is 36.3 Å². The molecule has 1 aromatic rings. The third kappa shape index (κ3) is 4.68. The molecule has 2 rings (SSSR count). The summed E-state index contributed by atoms with van der Waals surface area (Å²) >= 11 is 12.0. The van der Waals surface area contributed by atoms with Gasteiger partial charge in [-0.05, 0) is 39.3 Å². The molecule has 1 unspecified atom stereocenters. The van der Waals surface area contributed by atoms with E-state index in [0.29, 0.717) is 28.8 Å². The minimum absolute atomic E-state index is 0.128. The van der Waals surface area contributed by atoms with E-state index in [1.807, 2.05) is 20.8 Å². The molecule has 7 heteroatoms. The molecular weight excluding hydrogens is 351 g/mol. The van der Waals surface area contributed by atoms with Crippen molar-refractivity contribution >= 4 is 29.3 Å². The lowest BCUT2D eigenvalue weighted by Crippen LogP contribution is -2.38. The van der Waals surface area contributed by atoms with Crippen LogP contribution in [0.3, 0.4) is 0 Å². The predicted molar refractivity (Wildman–Crippen MR) is 92.4 cm³/mol. The van der Waals surface area contributed by atoms with Crippen LogP contribution in [0.2, 0.25) is 10.0 Å². The summed E-state index contributed by atoms with van der Waals surface area (Å²) in [5, 5.41) is 10.5. The van der Waals surface area contributed by atoms with Crippen LogP contribution < -0.4 is 4.74 Å². The first-order valence-corrected chi connectivity index (χ1v) is 8.37. The average molecular weight is 371 g/mol. The number of rotatable bonds is 3. The highest BCUT2D eigenvalue weighted by molar-refractivity contribution is 6.34. The Bertz CT molecular complexity index is 667. The lowest BCUT2D eigenvalue weighted by Gasteiger charge is -2.26. The van der Waals surface area contributed by atoms with Gasteiger partial charge in [0.25, 0.3) is 0 Å². The molecule has 1 heterocycles. The fraction of sp³-hybridized carbons (Fsp3) is 0.529. The van der Waals surface area contributed by atoms with E-state index in [-0.39, 0.29) is 13.2 Å². The molecule has 0 aromatic heterocycles. The van der Waals surface area contributed by atoms with E-state index in [9.17, 15) is 10.1 Å². The molecule has 24 heavy (non-hydrogen) atoms. The van der Waals surface area contributed by atoms with E-state index in [4.69, 9.17) is 32.7 Å². The van der Waals surface area contributed by atoms with Gasteiger partial charge in [-0.3, -0.25) is 0 Å². The van der Waals surface area contributed by atoms with Crippen LogP contribution in [0.25, 0.3) is 0 Å². The first-order chi connectivity index (χ1) is 11.1. The van der Waals surface area contributed by atoms with Crippen LogP contribution in [-0.2, 0) is 4.74 Å². The number of halogens is 2. The average Bonchev–Trinajstić information content (AvgIpc) is 2.92. The summed E-state index contributed by atoms with van der Waals surface area (Å²) < 4.78 is 11.1. The molecule has 0 saturated carbocycles. The number of carbonyl (C=O) groups is 1. The second-order valence-corrected chi connectivity index (χ2v) is 7.75. The van der Waals surface area contributed by atoms with Gasteiger partial charge in [-0.15, -0.1) is 0 Å². The smallest absolute Gasteiger partial charge is 0.410 e. The molecular formula is C17H20Cl2N2O3. The Morgan fingerprint density at radius 1 is 1.42 bits per heavy atom. The number of nitriles is 1. The summed E-state index contributed by atoms with van der Waals surface area (Å²) in [4.78, 5) is 13.7. The second-order valence-electron chi connectivity index (χ2n) is 6.91. The number of ether oxygens (including phenoxy) is 2. The van der Waals surface area contributed by atoms with Crippen molar-refractivity contribution in [2.24, 2.45) is 5.41 Å². The van der Waals surface area contributed by atoms with E-state index in [2.05, 4.69) is 6.07 Å². The summed E-state index contributed by atoms with van der Waals surface area (Å²) in [7, 11) is 0. The quantitative estimate of drug-likeness (QED) is 0.784. The highest BCUT2D eigenvalue weighted by Gasteiger charge is 2.42. The standard InChI is InChI=1S/C17H20Cl2N2O3/c1-16(2,3)24-15(22)21-7-6-17(9-20,10-21)11-23-14-8-12(18)4-5-13(14)19/h4-5,8H,6-7,10-11H2,1-3H3. The van der Waals surface area contributed by atoms with E-state index in [1.54, 1.807) is 18.2 Å². The Balaban J connectivity index is 2.02. The van der Waals surface area contributed by atoms with E-state index < -0.39 is 17.1 Å². The molecule has 1 aliphatic heterocycles. The normalized spacial score (nSPS) is 20.6. The molecule has 1 fully saturated rings. The highest BCUT2D eigenvalue weighted by atomic mass is 35.5. The molecule has 0 aliphatic carbocycles. The topological polar surface area (TPSA) is 62.6 Å². The van der Waals surface area contributed by atoms with E-state index in [0.717, 1.165) is 0 Å². The zero-order valence-corrected chi connectivity index (χ0v) is 15.4. The van der Waals surface area contributed by atoms with Crippen LogP contribution in [0.4, 0.5) is 4.79 Å². The second kappa shape index (κ2) is 7.08. The van der Waals surface area contributed by atoms with Crippen LogP contribution in [0.1, 0.15) is 27.2 Å². The number of carbonyl (C=O) groups excluding carboxylic acids is 1. The van der Waals surface area contributed by atoms with Crippen molar-refractivity contribution in [3.8, 4) is 11.8 Å². The van der Waals surface area contributed by atoms with Gasteiger partial charge in [0.2, 0.25) is 0 Å². The number of likely N-dealkylation sites (tertiary alicyclic amines) is 1. The fourth-order valence-corrected chi connectivity index (χ4v) is 2.73. The first kappa shape index (κ1) is 18.7. The van der Waals surface area contributed by atoms with Gasteiger partial charge in [-0.2, -0.15) is 5.26 Å². The number of hydrogen-bond acceptors (Lipinski definition) is 4. The van der Waals surface area contributed by atoms with Crippen molar-refractivity contribution in [2.75, 3.05) is 19.7 Å². The minimum atomic E-state index is -0.789. The zero-order chi connectivity index (χ0) is 18.0. The van der Waals surface area contributed by atoms with Gasteiger partial charge in [-0.1, -0.05) is 23.2 Å². The van der Waals surface area contributed by atoms with E-state index >= 15 is 0 Å². The molecule has 0 bridgehead atoms. The lowest BCUT2D eigenvalue weighted by atomic mass is 9.90. The molecule has 1 atom stereocenters. The first-order valence-electron chi connectivity index (χ1n) is 7.61. The van der Waals surface area contributed by atoms with Crippen LogP contribution >= 0.6 is 23.2 Å². The van der Waals surface area contributed by atoms with E-state index in [1.165, 1.54) is 4.90 Å². The Kier molecular flexibility index (Phi) is 5.52. The predicted octanol–water partition coefficient (Wildman–Crippen LogP) is 4.52. The molecule has 1 saturated heterocycles. The van der Waals surface area contributed by atoms with Crippen LogP contribution in [0.5, 0.6) is 5.75 Å². The van der Waals surface area contributed by atoms with Crippen molar-refractivity contribution in [2.45, 2.75) is 32.8 Å². The molecule has 130 valence electrons. The number of amides is 1. The summed E-state index contributed by atoms with van der Waals surface area (Å²) in [6.07, 6.45) is 0.0985. The van der Waals surface area contributed by atoms with Gasteiger partial charge < -0.3 is 14.4 Å². The Labute approximate surface area is 152 Å². The molecule has 0 spiro atoms. The monoisotopic (exact) mass is 370 g/mol. The molecule has 1 aliphatic rings. The van der Waals surface area contributed by atoms with Gasteiger partial charge in [0.1, 0.15) is 23.4 Å². The Hall–Kier alpha value is -1.64. The largest absolute Gasteiger partial charge is 0.490 e. The Morgan fingerprint density at radius 2 is 2.12 bits per heavy atom. The fourth-order valence-electron chi connectivity index (χ4n) is 2.40. The summed E-state index contributed by atoms with van der Waals surface area (Å²) in [6.45, 7) is 6.27. The van der Waals surface area contributed by atoms with Gasteiger partial charge >= 0.3 is 6.09 Å². The Morgan fingerprint density at radius 3 is 2.75 bits per heavy atom. The van der Waals surface area contributed by atoms with Gasteiger partial charge in [0.15, 0.2) is 0 Å². The maximum atomic E-state index is 12.2. The summed E-state index contributed by atoms with van der Waals surface area (Å²) in [5.74, 6) is 0.425. The number of hydrogen-bond donors (Lipinski definition) is 0. The van der Waals surface area contributed by atoms with Gasteiger partial charge in [-0.25, -0.2) is 4.79 Å². The maximum absolute atomic E-state index is 12.2. The van der Waals surface area contributed by atoms with Crippen molar-refractivity contribution < 1.29 is 14.3 Å². The number of benzene rings is 1. The third-order valence-corrected chi connectivity index (χ3v) is 4.19. The molecule has 0 radical (unpaired) electrons. The zero-order valence-electron chi connectivity index (χ0n) is 13.9. The molecule has 1 amide bonds. The molecule has 5 nitrogen and oxygen atoms in total. The summed E-state index contributed by atoms with van der Waals surface area (Å²) in [5.41, 5.74) is -1.36. The lowest BCUT2D eigenvalue weighted by molar-refractivity contribution is 0.0274.